The molecule has 1 amide bonds. The van der Waals surface area contributed by atoms with Crippen LogP contribution in [-0.4, -0.2) is 42.0 Å². The highest BCUT2D eigenvalue weighted by Crippen LogP contribution is 2.22. The van der Waals surface area contributed by atoms with E-state index >= 15 is 0 Å². The van der Waals surface area contributed by atoms with E-state index in [0.717, 1.165) is 5.56 Å². The van der Waals surface area contributed by atoms with Crippen LogP contribution in [0.2, 0.25) is 0 Å². The van der Waals surface area contributed by atoms with E-state index in [-0.39, 0.29) is 17.5 Å². The summed E-state index contributed by atoms with van der Waals surface area (Å²) in [5.41, 5.74) is 1.44. The van der Waals surface area contributed by atoms with Crippen LogP contribution in [0, 0.1) is 5.82 Å². The second kappa shape index (κ2) is 7.24. The molecule has 23 heavy (non-hydrogen) atoms. The standard InChI is InChI=1S/C18H21FN2O2/c1-20(2)17(14-7-5-8-15(19)11-14)18(23)21(3)12-13-6-4-9-16(22)10-13/h4-11,17,22H,12H2,1-3H3. The fourth-order valence-electron chi connectivity index (χ4n) is 2.55. The monoisotopic (exact) mass is 316 g/mol. The molecular formula is C18H21FN2O2. The lowest BCUT2D eigenvalue weighted by Crippen LogP contribution is -2.38. The molecule has 1 unspecified atom stereocenters. The van der Waals surface area contributed by atoms with Crippen LogP contribution in [0.25, 0.3) is 0 Å². The van der Waals surface area contributed by atoms with Gasteiger partial charge < -0.3 is 10.0 Å². The van der Waals surface area contributed by atoms with Crippen LogP contribution in [0.4, 0.5) is 4.39 Å². The SMILES string of the molecule is CN(Cc1cccc(O)c1)C(=O)C(c1cccc(F)c1)N(C)C. The predicted molar refractivity (Wildman–Crippen MR) is 87.4 cm³/mol. The molecular weight excluding hydrogens is 295 g/mol. The van der Waals surface area contributed by atoms with Crippen LogP contribution < -0.4 is 0 Å². The zero-order valence-electron chi connectivity index (χ0n) is 13.5. The third-order valence-corrected chi connectivity index (χ3v) is 3.62. The zero-order chi connectivity index (χ0) is 17.0. The molecule has 0 aliphatic rings. The summed E-state index contributed by atoms with van der Waals surface area (Å²) in [6, 6.07) is 12.3. The number of benzene rings is 2. The van der Waals surface area contributed by atoms with E-state index in [9.17, 15) is 14.3 Å². The van der Waals surface area contributed by atoms with Gasteiger partial charge in [-0.25, -0.2) is 4.39 Å². The summed E-state index contributed by atoms with van der Waals surface area (Å²) in [6.07, 6.45) is 0. The number of likely N-dealkylation sites (N-methyl/N-ethyl adjacent to an activating group) is 2. The molecule has 0 saturated heterocycles. The predicted octanol–water partition coefficient (Wildman–Crippen LogP) is 2.79. The van der Waals surface area contributed by atoms with E-state index in [1.54, 1.807) is 61.3 Å². The lowest BCUT2D eigenvalue weighted by atomic mass is 10.0. The lowest BCUT2D eigenvalue weighted by molar-refractivity contribution is -0.135. The van der Waals surface area contributed by atoms with Crippen molar-refractivity contribution >= 4 is 5.91 Å². The summed E-state index contributed by atoms with van der Waals surface area (Å²) in [5.74, 6) is -0.334. The minimum absolute atomic E-state index is 0.135. The van der Waals surface area contributed by atoms with Gasteiger partial charge in [0.15, 0.2) is 0 Å². The molecule has 0 spiro atoms. The smallest absolute Gasteiger partial charge is 0.244 e. The molecule has 0 aliphatic heterocycles. The van der Waals surface area contributed by atoms with Crippen molar-refractivity contribution in [3.63, 3.8) is 0 Å². The molecule has 2 aromatic rings. The second-order valence-corrected chi connectivity index (χ2v) is 5.79. The quantitative estimate of drug-likeness (QED) is 0.922. The summed E-state index contributed by atoms with van der Waals surface area (Å²) in [5, 5.41) is 9.52. The van der Waals surface area contributed by atoms with E-state index in [0.29, 0.717) is 12.1 Å². The highest BCUT2D eigenvalue weighted by atomic mass is 19.1. The Balaban J connectivity index is 2.20. The molecule has 0 aromatic heterocycles. The summed E-state index contributed by atoms with van der Waals surface area (Å²) >= 11 is 0. The highest BCUT2D eigenvalue weighted by molar-refractivity contribution is 5.83. The van der Waals surface area contributed by atoms with Crippen molar-refractivity contribution < 1.29 is 14.3 Å². The molecule has 0 saturated carbocycles. The first-order chi connectivity index (χ1) is 10.9. The number of aromatic hydroxyl groups is 1. The van der Waals surface area contributed by atoms with Gasteiger partial charge in [-0.2, -0.15) is 0 Å². The Bertz CT molecular complexity index is 688. The fraction of sp³-hybridized carbons (Fsp3) is 0.278. The van der Waals surface area contributed by atoms with E-state index in [2.05, 4.69) is 0 Å². The number of amides is 1. The van der Waals surface area contributed by atoms with Gasteiger partial charge in [-0.05, 0) is 49.5 Å². The largest absolute Gasteiger partial charge is 0.508 e. The van der Waals surface area contributed by atoms with E-state index < -0.39 is 6.04 Å². The number of hydrogen-bond donors (Lipinski definition) is 1. The molecule has 122 valence electrons. The van der Waals surface area contributed by atoms with Gasteiger partial charge in [0.2, 0.25) is 5.91 Å². The van der Waals surface area contributed by atoms with Crippen molar-refractivity contribution in [3.05, 3.63) is 65.5 Å². The fourth-order valence-corrected chi connectivity index (χ4v) is 2.55. The number of nitrogens with zero attached hydrogens (tertiary/aromatic N) is 2. The van der Waals surface area contributed by atoms with Gasteiger partial charge in [-0.1, -0.05) is 24.3 Å². The number of carbonyl (C=O) groups is 1. The number of halogens is 1. The van der Waals surface area contributed by atoms with Gasteiger partial charge in [0.1, 0.15) is 17.6 Å². The van der Waals surface area contributed by atoms with Crippen LogP contribution in [0.15, 0.2) is 48.5 Å². The minimum Gasteiger partial charge on any atom is -0.508 e. The first-order valence-corrected chi connectivity index (χ1v) is 7.33. The Morgan fingerprint density at radius 3 is 2.43 bits per heavy atom. The molecule has 0 fully saturated rings. The maximum atomic E-state index is 13.5. The Kier molecular flexibility index (Phi) is 5.34. The molecule has 0 radical (unpaired) electrons. The molecule has 0 aliphatic carbocycles. The molecule has 1 N–H and O–H groups in total. The average Bonchev–Trinajstić information content (AvgIpc) is 2.47. The molecule has 5 heteroatoms. The van der Waals surface area contributed by atoms with Gasteiger partial charge in [0, 0.05) is 13.6 Å². The van der Waals surface area contributed by atoms with Gasteiger partial charge >= 0.3 is 0 Å². The zero-order valence-corrected chi connectivity index (χ0v) is 13.5. The topological polar surface area (TPSA) is 43.8 Å². The molecule has 2 rings (SSSR count). The molecule has 2 aromatic carbocycles. The van der Waals surface area contributed by atoms with Crippen LogP contribution in [0.3, 0.4) is 0 Å². The molecule has 0 bridgehead atoms. The van der Waals surface area contributed by atoms with Crippen molar-refractivity contribution in [2.75, 3.05) is 21.1 Å². The van der Waals surface area contributed by atoms with Crippen LogP contribution in [-0.2, 0) is 11.3 Å². The number of phenols is 1. The van der Waals surface area contributed by atoms with Crippen molar-refractivity contribution in [2.45, 2.75) is 12.6 Å². The number of hydrogen-bond acceptors (Lipinski definition) is 3. The van der Waals surface area contributed by atoms with Crippen molar-refractivity contribution in [1.82, 2.24) is 9.80 Å². The van der Waals surface area contributed by atoms with Gasteiger partial charge in [-0.3, -0.25) is 9.69 Å². The van der Waals surface area contributed by atoms with Gasteiger partial charge in [0.05, 0.1) is 0 Å². The Morgan fingerprint density at radius 2 is 1.83 bits per heavy atom. The van der Waals surface area contributed by atoms with Crippen molar-refractivity contribution in [1.29, 1.82) is 0 Å². The normalized spacial score (nSPS) is 12.2. The maximum absolute atomic E-state index is 13.5. The van der Waals surface area contributed by atoms with E-state index in [1.807, 2.05) is 6.07 Å². The first kappa shape index (κ1) is 17.0. The summed E-state index contributed by atoms with van der Waals surface area (Å²) in [7, 11) is 5.27. The second-order valence-electron chi connectivity index (χ2n) is 5.79. The third-order valence-electron chi connectivity index (χ3n) is 3.62. The summed E-state index contributed by atoms with van der Waals surface area (Å²) in [6.45, 7) is 0.368. The van der Waals surface area contributed by atoms with E-state index in [4.69, 9.17) is 0 Å². The highest BCUT2D eigenvalue weighted by Gasteiger charge is 2.26. The molecule has 4 nitrogen and oxygen atoms in total. The Labute approximate surface area is 135 Å². The van der Waals surface area contributed by atoms with Crippen LogP contribution >= 0.6 is 0 Å². The van der Waals surface area contributed by atoms with Crippen LogP contribution in [0.1, 0.15) is 17.2 Å². The van der Waals surface area contributed by atoms with Crippen molar-refractivity contribution in [3.8, 4) is 5.75 Å². The summed E-state index contributed by atoms with van der Waals surface area (Å²) < 4.78 is 13.5. The lowest BCUT2D eigenvalue weighted by Gasteiger charge is -2.28. The first-order valence-electron chi connectivity index (χ1n) is 7.33. The number of carbonyl (C=O) groups excluding carboxylic acids is 1. The Hall–Kier alpha value is -2.40. The van der Waals surface area contributed by atoms with Crippen molar-refractivity contribution in [2.24, 2.45) is 0 Å². The average molecular weight is 316 g/mol. The molecule has 1 atom stereocenters. The minimum atomic E-state index is -0.562. The third kappa shape index (κ3) is 4.29. The van der Waals surface area contributed by atoms with Crippen LogP contribution in [0.5, 0.6) is 5.75 Å². The number of phenolic OH excluding ortho intramolecular Hbond substituents is 1. The van der Waals surface area contributed by atoms with E-state index in [1.165, 1.54) is 12.1 Å². The Morgan fingerprint density at radius 1 is 1.13 bits per heavy atom. The van der Waals surface area contributed by atoms with Gasteiger partial charge in [-0.15, -0.1) is 0 Å². The summed E-state index contributed by atoms with van der Waals surface area (Å²) in [4.78, 5) is 16.1. The molecule has 0 heterocycles. The van der Waals surface area contributed by atoms with Gasteiger partial charge in [0.25, 0.3) is 0 Å². The number of rotatable bonds is 5. The maximum Gasteiger partial charge on any atom is 0.244 e.